The highest BCUT2D eigenvalue weighted by molar-refractivity contribution is 5.80. The minimum atomic E-state index is -0.497. The van der Waals surface area contributed by atoms with Crippen molar-refractivity contribution < 1.29 is 15.0 Å². The molecule has 0 aromatic rings. The lowest BCUT2D eigenvalue weighted by atomic mass is 9.50. The van der Waals surface area contributed by atoms with Gasteiger partial charge in [-0.2, -0.15) is 0 Å². The molecule has 3 saturated carbocycles. The first kappa shape index (κ1) is 16.5. The van der Waals surface area contributed by atoms with Crippen LogP contribution in [-0.2, 0) is 4.79 Å². The summed E-state index contributed by atoms with van der Waals surface area (Å²) in [6.45, 7) is 6.24. The monoisotopic (exact) mass is 330 g/mol. The van der Waals surface area contributed by atoms with E-state index >= 15 is 0 Å². The maximum atomic E-state index is 12.2. The van der Waals surface area contributed by atoms with Gasteiger partial charge in [0.05, 0.1) is 12.2 Å². The number of ketones is 1. The minimum Gasteiger partial charge on any atom is -0.393 e. The van der Waals surface area contributed by atoms with Crippen LogP contribution < -0.4 is 0 Å². The van der Waals surface area contributed by atoms with Crippen molar-refractivity contribution >= 4 is 5.78 Å². The van der Waals surface area contributed by atoms with Crippen LogP contribution in [0.15, 0.2) is 23.3 Å². The molecule has 0 spiro atoms. The van der Waals surface area contributed by atoms with E-state index in [-0.39, 0.29) is 28.6 Å². The van der Waals surface area contributed by atoms with Crippen molar-refractivity contribution in [2.24, 2.45) is 28.6 Å². The molecule has 0 heterocycles. The van der Waals surface area contributed by atoms with Gasteiger partial charge in [-0.15, -0.1) is 0 Å². The lowest BCUT2D eigenvalue weighted by Gasteiger charge is -2.54. The molecule has 0 unspecified atom stereocenters. The number of aliphatic hydroxyl groups is 2. The Hall–Kier alpha value is -0.930. The third-order valence-electron chi connectivity index (χ3n) is 8.01. The summed E-state index contributed by atoms with van der Waals surface area (Å²) in [6.07, 6.45) is 9.41. The number of Topliss-reactive ketones (excluding diaryl/α,β-unsaturated/α-hetero) is 1. The normalized spacial score (nSPS) is 50.3. The Bertz CT molecular complexity index is 633. The SMILES string of the molecule is CC(=O)[C@H]1[C@H](O)C[C@H]2C3=CC=C4C[C@@H](O)CC[C@]4(C)[C@H]3CC[C@@]21C. The predicted molar refractivity (Wildman–Crippen MR) is 93.2 cm³/mol. The van der Waals surface area contributed by atoms with E-state index in [4.69, 9.17) is 0 Å². The van der Waals surface area contributed by atoms with Crippen molar-refractivity contribution in [1.29, 1.82) is 0 Å². The molecule has 3 nitrogen and oxygen atoms in total. The lowest BCUT2D eigenvalue weighted by Crippen LogP contribution is -2.47. The number of allylic oxidation sites excluding steroid dienone is 3. The fraction of sp³-hybridized carbons (Fsp3) is 0.762. The summed E-state index contributed by atoms with van der Waals surface area (Å²) in [6, 6.07) is 0. The molecule has 0 aromatic carbocycles. The average Bonchev–Trinajstić information content (AvgIpc) is 2.78. The Morgan fingerprint density at radius 1 is 1.12 bits per heavy atom. The number of hydrogen-bond donors (Lipinski definition) is 2. The molecule has 0 radical (unpaired) electrons. The number of carbonyl (C=O) groups is 1. The first-order chi connectivity index (χ1) is 11.3. The van der Waals surface area contributed by atoms with Gasteiger partial charge in [-0.3, -0.25) is 4.79 Å². The van der Waals surface area contributed by atoms with E-state index in [1.807, 2.05) is 0 Å². The predicted octanol–water partition coefficient (Wildman–Crippen LogP) is 3.41. The second-order valence-electron chi connectivity index (χ2n) is 9.21. The van der Waals surface area contributed by atoms with Crippen LogP contribution in [0, 0.1) is 28.6 Å². The highest BCUT2D eigenvalue weighted by atomic mass is 16.3. The van der Waals surface area contributed by atoms with E-state index in [0.717, 1.165) is 38.5 Å². The van der Waals surface area contributed by atoms with Crippen molar-refractivity contribution in [3.05, 3.63) is 23.3 Å². The molecule has 0 bridgehead atoms. The Balaban J connectivity index is 1.74. The Kier molecular flexibility index (Phi) is 3.64. The number of carbonyl (C=O) groups excluding carboxylic acids is 1. The number of fused-ring (bicyclic) bond motifs is 5. The molecule has 3 fully saturated rings. The van der Waals surface area contributed by atoms with Crippen molar-refractivity contribution in [2.45, 2.75) is 71.5 Å². The van der Waals surface area contributed by atoms with Crippen LogP contribution in [-0.4, -0.2) is 28.2 Å². The van der Waals surface area contributed by atoms with E-state index in [1.165, 1.54) is 11.1 Å². The number of hydrogen-bond acceptors (Lipinski definition) is 3. The van der Waals surface area contributed by atoms with Crippen LogP contribution in [0.25, 0.3) is 0 Å². The first-order valence-electron chi connectivity index (χ1n) is 9.55. The van der Waals surface area contributed by atoms with Gasteiger partial charge in [-0.25, -0.2) is 0 Å². The Labute approximate surface area is 144 Å². The third kappa shape index (κ3) is 2.07. The Morgan fingerprint density at radius 3 is 2.58 bits per heavy atom. The zero-order chi connectivity index (χ0) is 17.3. The van der Waals surface area contributed by atoms with E-state index in [9.17, 15) is 15.0 Å². The molecular weight excluding hydrogens is 300 g/mol. The molecule has 4 aliphatic rings. The van der Waals surface area contributed by atoms with Gasteiger partial charge in [0.1, 0.15) is 5.78 Å². The molecule has 0 amide bonds. The van der Waals surface area contributed by atoms with Crippen molar-refractivity contribution in [1.82, 2.24) is 0 Å². The number of aliphatic hydroxyl groups excluding tert-OH is 2. The van der Waals surface area contributed by atoms with Crippen LogP contribution in [0.3, 0.4) is 0 Å². The van der Waals surface area contributed by atoms with Gasteiger partial charge in [0, 0.05) is 5.92 Å². The van der Waals surface area contributed by atoms with E-state index in [0.29, 0.717) is 11.8 Å². The van der Waals surface area contributed by atoms with Crippen LogP contribution in [0.5, 0.6) is 0 Å². The third-order valence-corrected chi connectivity index (χ3v) is 8.01. The Morgan fingerprint density at radius 2 is 1.88 bits per heavy atom. The summed E-state index contributed by atoms with van der Waals surface area (Å²) < 4.78 is 0. The summed E-state index contributed by atoms with van der Waals surface area (Å²) >= 11 is 0. The molecule has 2 N–H and O–H groups in total. The summed E-state index contributed by atoms with van der Waals surface area (Å²) in [7, 11) is 0. The van der Waals surface area contributed by atoms with Crippen LogP contribution in [0.1, 0.15) is 59.3 Å². The van der Waals surface area contributed by atoms with E-state index < -0.39 is 6.10 Å². The molecule has 0 aromatic heterocycles. The second-order valence-corrected chi connectivity index (χ2v) is 9.21. The van der Waals surface area contributed by atoms with Gasteiger partial charge in [0.15, 0.2) is 0 Å². The summed E-state index contributed by atoms with van der Waals surface area (Å²) in [4.78, 5) is 12.2. The zero-order valence-corrected chi connectivity index (χ0v) is 15.1. The summed E-state index contributed by atoms with van der Waals surface area (Å²) in [5.74, 6) is 0.768. The fourth-order valence-electron chi connectivity index (χ4n) is 6.74. The number of rotatable bonds is 1. The molecule has 0 aliphatic heterocycles. The molecular formula is C21H30O3. The standard InChI is InChI=1S/C21H30O3/c1-12(22)19-18(24)11-17-15-5-4-13-10-14(23)6-8-20(13,2)16(15)7-9-21(17,19)3/h4-5,14,16-19,23-24H,6-11H2,1-3H3/t14-,16-,17-,18+,19-,20-,21-/m0/s1. The highest BCUT2D eigenvalue weighted by Crippen LogP contribution is 2.64. The second kappa shape index (κ2) is 5.28. The first-order valence-corrected chi connectivity index (χ1v) is 9.55. The molecule has 3 heteroatoms. The molecule has 4 rings (SSSR count). The topological polar surface area (TPSA) is 57.5 Å². The van der Waals surface area contributed by atoms with E-state index in [2.05, 4.69) is 26.0 Å². The van der Waals surface area contributed by atoms with Crippen molar-refractivity contribution in [3.8, 4) is 0 Å². The molecule has 24 heavy (non-hydrogen) atoms. The lowest BCUT2D eigenvalue weighted by molar-refractivity contribution is -0.128. The fourth-order valence-corrected chi connectivity index (χ4v) is 6.74. The molecule has 0 saturated heterocycles. The summed E-state index contributed by atoms with van der Waals surface area (Å²) in [5, 5.41) is 20.6. The summed E-state index contributed by atoms with van der Waals surface area (Å²) in [5.41, 5.74) is 2.93. The molecule has 7 atom stereocenters. The van der Waals surface area contributed by atoms with Gasteiger partial charge in [0.2, 0.25) is 0 Å². The largest absolute Gasteiger partial charge is 0.393 e. The van der Waals surface area contributed by atoms with Crippen molar-refractivity contribution in [2.75, 3.05) is 0 Å². The molecule has 132 valence electrons. The van der Waals surface area contributed by atoms with Gasteiger partial charge in [0.25, 0.3) is 0 Å². The van der Waals surface area contributed by atoms with Gasteiger partial charge < -0.3 is 10.2 Å². The van der Waals surface area contributed by atoms with Gasteiger partial charge in [-0.05, 0) is 68.1 Å². The molecule has 4 aliphatic carbocycles. The van der Waals surface area contributed by atoms with Crippen LogP contribution >= 0.6 is 0 Å². The van der Waals surface area contributed by atoms with Crippen LogP contribution in [0.2, 0.25) is 0 Å². The van der Waals surface area contributed by atoms with Crippen molar-refractivity contribution in [3.63, 3.8) is 0 Å². The van der Waals surface area contributed by atoms with E-state index in [1.54, 1.807) is 6.92 Å². The van der Waals surface area contributed by atoms with Gasteiger partial charge >= 0.3 is 0 Å². The zero-order valence-electron chi connectivity index (χ0n) is 15.1. The van der Waals surface area contributed by atoms with Crippen LogP contribution in [0.4, 0.5) is 0 Å². The minimum absolute atomic E-state index is 0.0938. The van der Waals surface area contributed by atoms with Gasteiger partial charge in [-0.1, -0.05) is 37.1 Å². The maximum absolute atomic E-state index is 12.2. The smallest absolute Gasteiger partial charge is 0.136 e. The highest BCUT2D eigenvalue weighted by Gasteiger charge is 2.59. The maximum Gasteiger partial charge on any atom is 0.136 e. The average molecular weight is 330 g/mol. The quantitative estimate of drug-likeness (QED) is 0.775.